The zero-order valence-electron chi connectivity index (χ0n) is 19.6. The molecule has 6 rings (SSSR count). The van der Waals surface area contributed by atoms with Gasteiger partial charge in [0.25, 0.3) is 0 Å². The molecule has 4 aromatic rings. The highest BCUT2D eigenvalue weighted by Gasteiger charge is 2.22. The summed E-state index contributed by atoms with van der Waals surface area (Å²) in [6.07, 6.45) is 10.3. The Hall–Kier alpha value is -3.73. The van der Waals surface area contributed by atoms with Gasteiger partial charge in [-0.15, -0.1) is 5.10 Å². The van der Waals surface area contributed by atoms with E-state index in [9.17, 15) is 0 Å². The van der Waals surface area contributed by atoms with E-state index in [1.807, 2.05) is 12.4 Å². The number of hydrogen-bond donors (Lipinski definition) is 0. The molecule has 0 N–H and O–H groups in total. The van der Waals surface area contributed by atoms with Crippen LogP contribution in [-0.4, -0.2) is 41.4 Å². The Balaban J connectivity index is 1.29. The van der Waals surface area contributed by atoms with Crippen LogP contribution in [0.25, 0.3) is 22.9 Å². The predicted molar refractivity (Wildman–Crippen MR) is 139 cm³/mol. The van der Waals surface area contributed by atoms with Crippen LogP contribution in [0, 0.1) is 5.92 Å². The largest absolute Gasteiger partial charge is 0.367 e. The number of hydrogen-bond acceptors (Lipinski definition) is 5. The quantitative estimate of drug-likeness (QED) is 0.479. The van der Waals surface area contributed by atoms with Gasteiger partial charge in [0.2, 0.25) is 0 Å². The van der Waals surface area contributed by atoms with Crippen molar-refractivity contribution in [2.75, 3.05) is 36.0 Å². The van der Waals surface area contributed by atoms with Gasteiger partial charge in [0.05, 0.1) is 5.69 Å². The minimum atomic E-state index is 0.518. The first-order chi connectivity index (χ1) is 16.8. The first kappa shape index (κ1) is 20.8. The van der Waals surface area contributed by atoms with Crippen LogP contribution < -0.4 is 20.2 Å². The number of fused-ring (bicyclic) bond motifs is 2. The van der Waals surface area contributed by atoms with E-state index < -0.39 is 0 Å². The molecule has 0 saturated carbocycles. The fraction of sp³-hybridized carbons (Fsp3) is 0.276. The molecule has 34 heavy (non-hydrogen) atoms. The molecule has 1 aliphatic carbocycles. The van der Waals surface area contributed by atoms with E-state index in [2.05, 4.69) is 88.5 Å². The van der Waals surface area contributed by atoms with Crippen LogP contribution in [0.15, 0.2) is 67.0 Å². The third-order valence-corrected chi connectivity index (χ3v) is 7.06. The van der Waals surface area contributed by atoms with Crippen molar-refractivity contribution in [3.05, 3.63) is 88.7 Å². The van der Waals surface area contributed by atoms with Crippen molar-refractivity contribution in [3.8, 4) is 0 Å². The van der Waals surface area contributed by atoms with Crippen LogP contribution >= 0.6 is 0 Å². The van der Waals surface area contributed by atoms with Crippen LogP contribution in [0.3, 0.4) is 0 Å². The summed E-state index contributed by atoms with van der Waals surface area (Å²) < 4.78 is 0. The summed E-state index contributed by atoms with van der Waals surface area (Å²) in [5, 5.41) is 14.7. The summed E-state index contributed by atoms with van der Waals surface area (Å²) >= 11 is 0. The van der Waals surface area contributed by atoms with Crippen LogP contribution in [0.5, 0.6) is 0 Å². The van der Waals surface area contributed by atoms with Gasteiger partial charge in [-0.3, -0.25) is 4.98 Å². The lowest BCUT2D eigenvalue weighted by atomic mass is 9.97. The van der Waals surface area contributed by atoms with E-state index in [0.29, 0.717) is 5.92 Å². The Morgan fingerprint density at radius 3 is 2.44 bits per heavy atom. The minimum Gasteiger partial charge on any atom is -0.367 e. The van der Waals surface area contributed by atoms with Crippen molar-refractivity contribution in [1.29, 1.82) is 0 Å². The number of aromatic nitrogens is 3. The molecule has 170 valence electrons. The first-order valence-electron chi connectivity index (χ1n) is 12.2. The highest BCUT2D eigenvalue weighted by atomic mass is 15.3. The Kier molecular flexibility index (Phi) is 5.46. The third-order valence-electron chi connectivity index (χ3n) is 7.06. The van der Waals surface area contributed by atoms with Crippen LogP contribution in [0.4, 0.5) is 11.5 Å². The molecule has 1 fully saturated rings. The van der Waals surface area contributed by atoms with Crippen LogP contribution in [0.2, 0.25) is 0 Å². The van der Waals surface area contributed by atoms with E-state index in [1.54, 1.807) is 0 Å². The summed E-state index contributed by atoms with van der Waals surface area (Å²) in [6.45, 7) is 6.11. The molecule has 0 radical (unpaired) electrons. The predicted octanol–water partition coefficient (Wildman–Crippen LogP) is 3.54. The Labute approximate surface area is 200 Å². The summed E-state index contributed by atoms with van der Waals surface area (Å²) in [5.74, 6) is 1.55. The molecular weight excluding hydrogens is 418 g/mol. The van der Waals surface area contributed by atoms with E-state index in [4.69, 9.17) is 10.2 Å². The van der Waals surface area contributed by atoms with Gasteiger partial charge >= 0.3 is 0 Å². The highest BCUT2D eigenvalue weighted by Crippen LogP contribution is 2.27. The Bertz CT molecular complexity index is 1430. The number of pyridine rings is 1. The maximum absolute atomic E-state index is 4.78. The Morgan fingerprint density at radius 2 is 1.59 bits per heavy atom. The fourth-order valence-corrected chi connectivity index (χ4v) is 5.24. The summed E-state index contributed by atoms with van der Waals surface area (Å²) in [5.41, 5.74) is 3.60. The van der Waals surface area contributed by atoms with Crippen LogP contribution in [-0.2, 0) is 6.42 Å². The van der Waals surface area contributed by atoms with Crippen molar-refractivity contribution in [3.63, 3.8) is 0 Å². The van der Waals surface area contributed by atoms with Gasteiger partial charge in [0.1, 0.15) is 0 Å². The van der Waals surface area contributed by atoms with E-state index in [0.717, 1.165) is 50.5 Å². The second kappa shape index (κ2) is 8.90. The molecule has 3 heterocycles. The lowest BCUT2D eigenvalue weighted by Crippen LogP contribution is -2.50. The second-order valence-corrected chi connectivity index (χ2v) is 9.39. The standard InChI is InChI=1S/C29H29N5/c1-21-9-10-25-26(19-21)27(20-22-11-13-30-14-12-22)31-32-29(25)34-17-15-33(16-18-34)28-8-4-6-23-5-2-3-7-24(23)28/h2-8,10-14,19,21H,9,15-18,20H2,1H3. The van der Waals surface area contributed by atoms with E-state index in [1.165, 1.54) is 32.5 Å². The Morgan fingerprint density at radius 1 is 0.824 bits per heavy atom. The normalized spacial score (nSPS) is 17.7. The maximum Gasteiger partial charge on any atom is 0.158 e. The monoisotopic (exact) mass is 447 g/mol. The van der Waals surface area contributed by atoms with Crippen molar-refractivity contribution in [1.82, 2.24) is 15.2 Å². The van der Waals surface area contributed by atoms with Gasteiger partial charge in [-0.05, 0) is 41.5 Å². The van der Waals surface area contributed by atoms with Crippen molar-refractivity contribution < 1.29 is 0 Å². The maximum atomic E-state index is 4.78. The van der Waals surface area contributed by atoms with Gasteiger partial charge in [-0.1, -0.05) is 55.5 Å². The molecule has 5 heteroatoms. The smallest absolute Gasteiger partial charge is 0.158 e. The number of rotatable bonds is 4. The molecule has 2 aromatic carbocycles. The fourth-order valence-electron chi connectivity index (χ4n) is 5.24. The molecule has 2 aliphatic rings. The summed E-state index contributed by atoms with van der Waals surface area (Å²) in [6, 6.07) is 19.4. The topological polar surface area (TPSA) is 45.2 Å². The van der Waals surface area contributed by atoms with Gasteiger partial charge in [0, 0.05) is 66.5 Å². The SMILES string of the molecule is CC1C=c2c(Cc3ccncc3)nnc(N3CCN(c4cccc5ccccc45)CC3)c2=CC1. The zero-order chi connectivity index (χ0) is 22.9. The summed E-state index contributed by atoms with van der Waals surface area (Å²) in [7, 11) is 0. The molecular formula is C29H29N5. The number of nitrogens with zero attached hydrogens (tertiary/aromatic N) is 5. The zero-order valence-corrected chi connectivity index (χ0v) is 19.6. The molecule has 0 spiro atoms. The van der Waals surface area contributed by atoms with Gasteiger partial charge < -0.3 is 9.80 Å². The van der Waals surface area contributed by atoms with Crippen LogP contribution in [0.1, 0.15) is 24.6 Å². The second-order valence-electron chi connectivity index (χ2n) is 9.39. The third kappa shape index (κ3) is 3.92. The van der Waals surface area contributed by atoms with Gasteiger partial charge in [-0.2, -0.15) is 5.10 Å². The lowest BCUT2D eigenvalue weighted by Gasteiger charge is -2.37. The van der Waals surface area contributed by atoms with Crippen molar-refractivity contribution in [2.24, 2.45) is 5.92 Å². The lowest BCUT2D eigenvalue weighted by molar-refractivity contribution is 0.640. The van der Waals surface area contributed by atoms with Crippen molar-refractivity contribution in [2.45, 2.75) is 19.8 Å². The van der Waals surface area contributed by atoms with E-state index in [-0.39, 0.29) is 0 Å². The average molecular weight is 448 g/mol. The van der Waals surface area contributed by atoms with Gasteiger partial charge in [-0.25, -0.2) is 0 Å². The number of anilines is 2. The average Bonchev–Trinajstić information content (AvgIpc) is 2.89. The van der Waals surface area contributed by atoms with Crippen molar-refractivity contribution >= 4 is 34.4 Å². The molecule has 1 atom stereocenters. The van der Waals surface area contributed by atoms with Gasteiger partial charge in [0.15, 0.2) is 5.82 Å². The molecule has 1 aliphatic heterocycles. The molecule has 1 unspecified atom stereocenters. The molecule has 5 nitrogen and oxygen atoms in total. The molecule has 0 bridgehead atoms. The number of benzene rings is 2. The minimum absolute atomic E-state index is 0.518. The van der Waals surface area contributed by atoms with E-state index >= 15 is 0 Å². The molecule has 0 amide bonds. The number of piperazine rings is 1. The molecule has 2 aromatic heterocycles. The molecule has 1 saturated heterocycles. The first-order valence-corrected chi connectivity index (χ1v) is 12.2. The summed E-state index contributed by atoms with van der Waals surface area (Å²) in [4.78, 5) is 9.07. The highest BCUT2D eigenvalue weighted by molar-refractivity contribution is 5.94.